The fourth-order valence-corrected chi connectivity index (χ4v) is 2.64. The van der Waals surface area contributed by atoms with Crippen molar-refractivity contribution in [3.63, 3.8) is 0 Å². The van der Waals surface area contributed by atoms with Gasteiger partial charge in [-0.2, -0.15) is 11.3 Å². The molecule has 0 aliphatic carbocycles. The Kier molecular flexibility index (Phi) is 3.23. The van der Waals surface area contributed by atoms with Crippen LogP contribution in [0.4, 0.5) is 0 Å². The average Bonchev–Trinajstić information content (AvgIpc) is 2.85. The number of thiophene rings is 1. The SMILES string of the molecule is CNCCc1nnc(-c2ccsc2)s1. The molecule has 0 unspecified atom stereocenters. The molecule has 2 aromatic rings. The van der Waals surface area contributed by atoms with E-state index < -0.39 is 0 Å². The molecule has 0 fully saturated rings. The summed E-state index contributed by atoms with van der Waals surface area (Å²) in [7, 11) is 1.95. The van der Waals surface area contributed by atoms with Gasteiger partial charge in [0.15, 0.2) is 0 Å². The summed E-state index contributed by atoms with van der Waals surface area (Å²) < 4.78 is 0. The van der Waals surface area contributed by atoms with Crippen molar-refractivity contribution in [3.8, 4) is 10.6 Å². The lowest BCUT2D eigenvalue weighted by molar-refractivity contribution is 0.779. The van der Waals surface area contributed by atoms with Crippen molar-refractivity contribution in [2.75, 3.05) is 13.6 Å². The van der Waals surface area contributed by atoms with Crippen LogP contribution in [0.25, 0.3) is 10.6 Å². The van der Waals surface area contributed by atoms with Gasteiger partial charge >= 0.3 is 0 Å². The molecule has 2 rings (SSSR count). The maximum Gasteiger partial charge on any atom is 0.148 e. The first-order valence-corrected chi connectivity index (χ1v) is 6.15. The highest BCUT2D eigenvalue weighted by Gasteiger charge is 2.05. The first-order chi connectivity index (χ1) is 6.90. The lowest BCUT2D eigenvalue weighted by Crippen LogP contribution is -2.09. The molecule has 0 bridgehead atoms. The van der Waals surface area contributed by atoms with Gasteiger partial charge in [0.05, 0.1) is 0 Å². The van der Waals surface area contributed by atoms with Gasteiger partial charge in [-0.15, -0.1) is 10.2 Å². The number of hydrogen-bond acceptors (Lipinski definition) is 5. The van der Waals surface area contributed by atoms with Crippen LogP contribution in [0.5, 0.6) is 0 Å². The number of hydrogen-bond donors (Lipinski definition) is 1. The molecule has 0 saturated heterocycles. The van der Waals surface area contributed by atoms with Gasteiger partial charge in [0.1, 0.15) is 10.0 Å². The van der Waals surface area contributed by atoms with Crippen LogP contribution in [0.2, 0.25) is 0 Å². The molecule has 0 saturated carbocycles. The van der Waals surface area contributed by atoms with Gasteiger partial charge in [-0.3, -0.25) is 0 Å². The summed E-state index contributed by atoms with van der Waals surface area (Å²) in [5, 5.41) is 17.7. The predicted molar refractivity (Wildman–Crippen MR) is 60.9 cm³/mol. The standard InChI is InChI=1S/C9H11N3S2/c1-10-4-2-8-11-12-9(14-8)7-3-5-13-6-7/h3,5-6,10H,2,4H2,1H3. The molecule has 3 nitrogen and oxygen atoms in total. The first-order valence-electron chi connectivity index (χ1n) is 4.39. The number of aromatic nitrogens is 2. The molecule has 1 N–H and O–H groups in total. The zero-order valence-corrected chi connectivity index (χ0v) is 9.49. The Hall–Kier alpha value is -0.780. The highest BCUT2D eigenvalue weighted by Crippen LogP contribution is 2.25. The Morgan fingerprint density at radius 2 is 2.36 bits per heavy atom. The first kappa shape index (κ1) is 9.76. The molecule has 14 heavy (non-hydrogen) atoms. The quantitative estimate of drug-likeness (QED) is 0.865. The maximum absolute atomic E-state index is 4.16. The molecular formula is C9H11N3S2. The molecule has 5 heteroatoms. The van der Waals surface area contributed by atoms with E-state index >= 15 is 0 Å². The largest absolute Gasteiger partial charge is 0.319 e. The normalized spacial score (nSPS) is 10.6. The van der Waals surface area contributed by atoms with E-state index in [1.165, 1.54) is 5.56 Å². The van der Waals surface area contributed by atoms with Crippen molar-refractivity contribution in [2.45, 2.75) is 6.42 Å². The molecule has 0 radical (unpaired) electrons. The van der Waals surface area contributed by atoms with Gasteiger partial charge in [0, 0.05) is 23.9 Å². The molecule has 74 valence electrons. The third-order valence-corrected chi connectivity index (χ3v) is 3.54. The lowest BCUT2D eigenvalue weighted by atomic mass is 10.4. The minimum absolute atomic E-state index is 0.957. The van der Waals surface area contributed by atoms with Crippen molar-refractivity contribution in [1.82, 2.24) is 15.5 Å². The third-order valence-electron chi connectivity index (χ3n) is 1.82. The average molecular weight is 225 g/mol. The lowest BCUT2D eigenvalue weighted by Gasteiger charge is -1.91. The Bertz CT molecular complexity index is 380. The van der Waals surface area contributed by atoms with Crippen LogP contribution >= 0.6 is 22.7 Å². The second-order valence-corrected chi connectivity index (χ2v) is 4.71. The highest BCUT2D eigenvalue weighted by atomic mass is 32.1. The summed E-state index contributed by atoms with van der Waals surface area (Å²) in [5.41, 5.74) is 1.18. The van der Waals surface area contributed by atoms with E-state index in [0.717, 1.165) is 23.0 Å². The summed E-state index contributed by atoms with van der Waals surface area (Å²) in [6, 6.07) is 2.08. The molecular weight excluding hydrogens is 214 g/mol. The summed E-state index contributed by atoms with van der Waals surface area (Å²) in [5.74, 6) is 0. The molecule has 0 aliphatic heterocycles. The van der Waals surface area contributed by atoms with E-state index in [1.54, 1.807) is 22.7 Å². The molecule has 0 spiro atoms. The van der Waals surface area contributed by atoms with Crippen molar-refractivity contribution < 1.29 is 0 Å². The van der Waals surface area contributed by atoms with Crippen LogP contribution in [0.3, 0.4) is 0 Å². The highest BCUT2D eigenvalue weighted by molar-refractivity contribution is 7.15. The number of nitrogens with zero attached hydrogens (tertiary/aromatic N) is 2. The Morgan fingerprint density at radius 1 is 1.43 bits per heavy atom. The van der Waals surface area contributed by atoms with E-state index in [2.05, 4.69) is 32.3 Å². The van der Waals surface area contributed by atoms with Gasteiger partial charge < -0.3 is 5.32 Å². The molecule has 0 aliphatic rings. The molecule has 0 amide bonds. The van der Waals surface area contributed by atoms with Gasteiger partial charge in [-0.05, 0) is 18.5 Å². The monoisotopic (exact) mass is 225 g/mol. The third kappa shape index (κ3) is 2.17. The van der Waals surface area contributed by atoms with Crippen LogP contribution in [0.1, 0.15) is 5.01 Å². The van der Waals surface area contributed by atoms with Crippen molar-refractivity contribution >= 4 is 22.7 Å². The Morgan fingerprint density at radius 3 is 3.07 bits per heavy atom. The van der Waals surface area contributed by atoms with E-state index in [9.17, 15) is 0 Å². The zero-order valence-electron chi connectivity index (χ0n) is 7.86. The molecule has 0 aromatic carbocycles. The zero-order chi connectivity index (χ0) is 9.80. The summed E-state index contributed by atoms with van der Waals surface area (Å²) in [4.78, 5) is 0. The number of rotatable bonds is 4. The number of likely N-dealkylation sites (N-methyl/N-ethyl adjacent to an activating group) is 1. The second-order valence-electron chi connectivity index (χ2n) is 2.87. The van der Waals surface area contributed by atoms with E-state index in [4.69, 9.17) is 0 Å². The van der Waals surface area contributed by atoms with Crippen LogP contribution < -0.4 is 5.32 Å². The summed E-state index contributed by atoms with van der Waals surface area (Å²) in [6.07, 6.45) is 0.957. The fourth-order valence-electron chi connectivity index (χ4n) is 1.09. The van der Waals surface area contributed by atoms with Gasteiger partial charge in [-0.25, -0.2) is 0 Å². The van der Waals surface area contributed by atoms with Gasteiger partial charge in [0.2, 0.25) is 0 Å². The fraction of sp³-hybridized carbons (Fsp3) is 0.333. The van der Waals surface area contributed by atoms with E-state index in [-0.39, 0.29) is 0 Å². The summed E-state index contributed by atoms with van der Waals surface area (Å²) >= 11 is 3.36. The number of nitrogens with one attached hydrogen (secondary N) is 1. The van der Waals surface area contributed by atoms with Gasteiger partial charge in [0.25, 0.3) is 0 Å². The van der Waals surface area contributed by atoms with Crippen molar-refractivity contribution in [2.24, 2.45) is 0 Å². The van der Waals surface area contributed by atoms with Crippen LogP contribution in [0, 0.1) is 0 Å². The minimum Gasteiger partial charge on any atom is -0.319 e. The molecule has 0 atom stereocenters. The topological polar surface area (TPSA) is 37.8 Å². The Labute approximate surface area is 90.8 Å². The molecule has 2 aromatic heterocycles. The van der Waals surface area contributed by atoms with Crippen LogP contribution in [0.15, 0.2) is 16.8 Å². The van der Waals surface area contributed by atoms with Gasteiger partial charge in [-0.1, -0.05) is 11.3 Å². The molecule has 2 heterocycles. The summed E-state index contributed by atoms with van der Waals surface area (Å²) in [6.45, 7) is 0.957. The van der Waals surface area contributed by atoms with Crippen molar-refractivity contribution in [1.29, 1.82) is 0 Å². The van der Waals surface area contributed by atoms with E-state index in [1.807, 2.05) is 7.05 Å². The van der Waals surface area contributed by atoms with Crippen molar-refractivity contribution in [3.05, 3.63) is 21.8 Å². The van der Waals surface area contributed by atoms with Crippen LogP contribution in [-0.4, -0.2) is 23.8 Å². The smallest absolute Gasteiger partial charge is 0.148 e. The maximum atomic E-state index is 4.16. The van der Waals surface area contributed by atoms with Crippen LogP contribution in [-0.2, 0) is 6.42 Å². The Balaban J connectivity index is 2.10. The minimum atomic E-state index is 0.957. The predicted octanol–water partition coefficient (Wildman–Crippen LogP) is 2.03. The van der Waals surface area contributed by atoms with E-state index in [0.29, 0.717) is 0 Å². The second kappa shape index (κ2) is 4.63.